The van der Waals surface area contributed by atoms with Crippen LogP contribution >= 0.6 is 11.3 Å². The highest BCUT2D eigenvalue weighted by Gasteiger charge is 2.35. The van der Waals surface area contributed by atoms with E-state index in [1.165, 1.54) is 11.3 Å². The SMILES string of the molecule is CCOC(=O)C1=C(C)N=c2s/c(=C\c3c(OCC#N)ccc4ccccc34)c(=O)n2[C@H]1c1ccccc1OC(C)C. The lowest BCUT2D eigenvalue weighted by atomic mass is 9.95. The number of carbonyl (C=O) groups is 1. The third kappa shape index (κ3) is 5.39. The number of aromatic nitrogens is 1. The maximum Gasteiger partial charge on any atom is 0.338 e. The zero-order chi connectivity index (χ0) is 29.1. The fraction of sp³-hybridized carbons (Fsp3) is 0.250. The first-order valence-corrected chi connectivity index (χ1v) is 14.1. The Kier molecular flexibility index (Phi) is 8.04. The van der Waals surface area contributed by atoms with Crippen LogP contribution in [0.15, 0.2) is 81.7 Å². The largest absolute Gasteiger partial charge is 0.491 e. The number of allylic oxidation sites excluding steroid dienone is 1. The second-order valence-corrected chi connectivity index (χ2v) is 10.7. The van der Waals surface area contributed by atoms with Crippen molar-refractivity contribution in [1.29, 1.82) is 5.26 Å². The Morgan fingerprint density at radius 3 is 2.63 bits per heavy atom. The first kappa shape index (κ1) is 27.9. The number of nitrogens with zero attached hydrogens (tertiary/aromatic N) is 3. The van der Waals surface area contributed by atoms with Crippen LogP contribution in [0.2, 0.25) is 0 Å². The van der Waals surface area contributed by atoms with Gasteiger partial charge in [0, 0.05) is 11.1 Å². The quantitative estimate of drug-likeness (QED) is 0.288. The van der Waals surface area contributed by atoms with Gasteiger partial charge in [0.05, 0.1) is 28.5 Å². The molecule has 0 saturated carbocycles. The topological polar surface area (TPSA) is 103 Å². The van der Waals surface area contributed by atoms with Crippen LogP contribution < -0.4 is 24.4 Å². The molecule has 208 valence electrons. The molecule has 0 amide bonds. The molecule has 2 heterocycles. The lowest BCUT2D eigenvalue weighted by molar-refractivity contribution is -0.139. The molecule has 41 heavy (non-hydrogen) atoms. The van der Waals surface area contributed by atoms with Gasteiger partial charge in [0.15, 0.2) is 11.4 Å². The summed E-state index contributed by atoms with van der Waals surface area (Å²) in [4.78, 5) is 32.6. The average Bonchev–Trinajstić information content (AvgIpc) is 3.26. The Morgan fingerprint density at radius 1 is 1.12 bits per heavy atom. The van der Waals surface area contributed by atoms with Crippen LogP contribution in [0.5, 0.6) is 11.5 Å². The van der Waals surface area contributed by atoms with Gasteiger partial charge >= 0.3 is 5.97 Å². The van der Waals surface area contributed by atoms with E-state index in [9.17, 15) is 9.59 Å². The Hall–Kier alpha value is -4.68. The number of rotatable bonds is 8. The van der Waals surface area contributed by atoms with Gasteiger partial charge in [-0.2, -0.15) is 5.26 Å². The zero-order valence-electron chi connectivity index (χ0n) is 23.2. The van der Waals surface area contributed by atoms with Gasteiger partial charge in [0.2, 0.25) is 0 Å². The molecular weight excluding hydrogens is 538 g/mol. The summed E-state index contributed by atoms with van der Waals surface area (Å²) in [5.41, 5.74) is 1.80. The average molecular weight is 568 g/mol. The molecule has 1 aliphatic heterocycles. The molecule has 1 atom stereocenters. The predicted molar refractivity (Wildman–Crippen MR) is 158 cm³/mol. The minimum Gasteiger partial charge on any atom is -0.491 e. The van der Waals surface area contributed by atoms with E-state index in [-0.39, 0.29) is 30.5 Å². The van der Waals surface area contributed by atoms with E-state index in [0.29, 0.717) is 37.7 Å². The van der Waals surface area contributed by atoms with Crippen molar-refractivity contribution in [1.82, 2.24) is 4.57 Å². The third-order valence-corrected chi connectivity index (χ3v) is 7.57. The molecule has 0 unspecified atom stereocenters. The van der Waals surface area contributed by atoms with E-state index in [4.69, 9.17) is 19.5 Å². The molecule has 1 aliphatic rings. The molecular formula is C32H29N3O5S. The van der Waals surface area contributed by atoms with E-state index in [1.54, 1.807) is 30.6 Å². The van der Waals surface area contributed by atoms with Crippen molar-refractivity contribution >= 4 is 34.2 Å². The monoisotopic (exact) mass is 567 g/mol. The third-order valence-electron chi connectivity index (χ3n) is 6.59. The van der Waals surface area contributed by atoms with Crippen LogP contribution in [0, 0.1) is 11.3 Å². The number of para-hydroxylation sites is 1. The molecule has 0 spiro atoms. The zero-order valence-corrected chi connectivity index (χ0v) is 24.0. The Morgan fingerprint density at radius 2 is 1.88 bits per heavy atom. The summed E-state index contributed by atoms with van der Waals surface area (Å²) in [5.74, 6) is 0.528. The summed E-state index contributed by atoms with van der Waals surface area (Å²) in [6.45, 7) is 7.39. The summed E-state index contributed by atoms with van der Waals surface area (Å²) in [5, 5.41) is 11.0. The van der Waals surface area contributed by atoms with Crippen LogP contribution in [0.25, 0.3) is 16.8 Å². The standard InChI is InChI=1S/C32H29N3O5S/c1-5-38-31(37)28-20(4)34-32-35(29(28)23-12-8-9-13-26(23)40-19(2)3)30(36)27(41-32)18-24-22-11-7-6-10-21(22)14-15-25(24)39-17-16-33/h6-15,18-19,29H,5,17H2,1-4H3/b27-18-/t29-/m0/s1. The van der Waals surface area contributed by atoms with Gasteiger partial charge in [-0.1, -0.05) is 59.9 Å². The minimum atomic E-state index is -0.802. The highest BCUT2D eigenvalue weighted by Crippen LogP contribution is 2.36. The van der Waals surface area contributed by atoms with Crippen molar-refractivity contribution < 1.29 is 19.0 Å². The number of benzene rings is 3. The van der Waals surface area contributed by atoms with Crippen molar-refractivity contribution in [2.24, 2.45) is 4.99 Å². The number of esters is 1. The van der Waals surface area contributed by atoms with Crippen LogP contribution in [-0.4, -0.2) is 29.9 Å². The number of thiazole rings is 1. The van der Waals surface area contributed by atoms with Gasteiger partial charge in [-0.05, 0) is 56.7 Å². The molecule has 5 rings (SSSR count). The summed E-state index contributed by atoms with van der Waals surface area (Å²) in [7, 11) is 0. The minimum absolute atomic E-state index is 0.124. The molecule has 3 aromatic carbocycles. The molecule has 1 aromatic heterocycles. The van der Waals surface area contributed by atoms with Gasteiger partial charge < -0.3 is 14.2 Å². The number of fused-ring (bicyclic) bond motifs is 2. The molecule has 9 heteroatoms. The van der Waals surface area contributed by atoms with Gasteiger partial charge in [0.1, 0.15) is 23.6 Å². The van der Waals surface area contributed by atoms with Crippen LogP contribution in [0.1, 0.15) is 44.9 Å². The Balaban J connectivity index is 1.79. The van der Waals surface area contributed by atoms with Gasteiger partial charge in [-0.25, -0.2) is 9.79 Å². The van der Waals surface area contributed by atoms with E-state index in [1.807, 2.05) is 74.5 Å². The lowest BCUT2D eigenvalue weighted by Gasteiger charge is -2.26. The number of nitriles is 1. The summed E-state index contributed by atoms with van der Waals surface area (Å²) in [6.07, 6.45) is 1.65. The van der Waals surface area contributed by atoms with Crippen molar-refractivity contribution in [3.63, 3.8) is 0 Å². The first-order chi connectivity index (χ1) is 19.8. The summed E-state index contributed by atoms with van der Waals surface area (Å²) < 4.78 is 19.2. The highest BCUT2D eigenvalue weighted by atomic mass is 32.1. The molecule has 0 N–H and O–H groups in total. The fourth-order valence-corrected chi connectivity index (χ4v) is 5.97. The molecule has 0 aliphatic carbocycles. The number of hydrogen-bond acceptors (Lipinski definition) is 8. The lowest BCUT2D eigenvalue weighted by Crippen LogP contribution is -2.40. The second-order valence-electron chi connectivity index (χ2n) is 9.65. The Bertz CT molecular complexity index is 1890. The van der Waals surface area contributed by atoms with Crippen molar-refractivity contribution in [2.45, 2.75) is 39.8 Å². The number of carbonyl (C=O) groups excluding carboxylic acids is 1. The van der Waals surface area contributed by atoms with E-state index in [0.717, 1.165) is 10.8 Å². The Labute approximate surface area is 241 Å². The fourth-order valence-electron chi connectivity index (χ4n) is 4.94. The van der Waals surface area contributed by atoms with Gasteiger partial charge in [0.25, 0.3) is 5.56 Å². The second kappa shape index (κ2) is 11.8. The summed E-state index contributed by atoms with van der Waals surface area (Å²) in [6, 6.07) is 20.1. The van der Waals surface area contributed by atoms with E-state index >= 15 is 0 Å². The molecule has 4 aromatic rings. The van der Waals surface area contributed by atoms with E-state index in [2.05, 4.69) is 4.99 Å². The normalized spacial score (nSPS) is 14.9. The maximum atomic E-state index is 14.2. The summed E-state index contributed by atoms with van der Waals surface area (Å²) >= 11 is 1.23. The molecule has 0 radical (unpaired) electrons. The van der Waals surface area contributed by atoms with Crippen LogP contribution in [-0.2, 0) is 9.53 Å². The number of ether oxygens (including phenoxy) is 3. The van der Waals surface area contributed by atoms with Crippen LogP contribution in [0.4, 0.5) is 0 Å². The van der Waals surface area contributed by atoms with Crippen LogP contribution in [0.3, 0.4) is 0 Å². The maximum absolute atomic E-state index is 14.2. The predicted octanol–water partition coefficient (Wildman–Crippen LogP) is 4.64. The molecule has 0 saturated heterocycles. The van der Waals surface area contributed by atoms with Gasteiger partial charge in [-0.15, -0.1) is 0 Å². The van der Waals surface area contributed by atoms with Gasteiger partial charge in [-0.3, -0.25) is 9.36 Å². The van der Waals surface area contributed by atoms with Crippen molar-refractivity contribution in [2.75, 3.05) is 13.2 Å². The molecule has 8 nitrogen and oxygen atoms in total. The molecule has 0 bridgehead atoms. The van der Waals surface area contributed by atoms with E-state index < -0.39 is 12.0 Å². The smallest absolute Gasteiger partial charge is 0.338 e. The highest BCUT2D eigenvalue weighted by molar-refractivity contribution is 7.07. The number of hydrogen-bond donors (Lipinski definition) is 0. The molecule has 0 fully saturated rings. The van der Waals surface area contributed by atoms with Crippen molar-refractivity contribution in [3.05, 3.63) is 103 Å². The van der Waals surface area contributed by atoms with Crippen molar-refractivity contribution in [3.8, 4) is 17.6 Å². The first-order valence-electron chi connectivity index (χ1n) is 13.3.